The molecule has 1 aliphatic carbocycles. The first-order valence-corrected chi connectivity index (χ1v) is 8.54. The van der Waals surface area contributed by atoms with Crippen LogP contribution in [-0.2, 0) is 28.0 Å². The number of hydrogen-bond donors (Lipinski definition) is 1. The van der Waals surface area contributed by atoms with Gasteiger partial charge in [-0.2, -0.15) is 5.10 Å². The summed E-state index contributed by atoms with van der Waals surface area (Å²) in [5, 5.41) is 7.56. The third-order valence-electron chi connectivity index (χ3n) is 5.05. The van der Waals surface area contributed by atoms with Crippen LogP contribution in [0, 0.1) is 19.7 Å². The van der Waals surface area contributed by atoms with E-state index in [4.69, 9.17) is 4.74 Å². The molecule has 3 rings (SSSR count). The summed E-state index contributed by atoms with van der Waals surface area (Å²) in [6, 6.07) is 6.25. The van der Waals surface area contributed by atoms with Crippen molar-refractivity contribution in [1.82, 2.24) is 15.1 Å². The summed E-state index contributed by atoms with van der Waals surface area (Å²) in [7, 11) is 1.66. The SMILES string of the molecule is COCCn1nc(C)c(CNC(=O)C2(c3ccc(F)cc3)CC2)c1C. The number of ether oxygens (including phenoxy) is 1. The van der Waals surface area contributed by atoms with E-state index in [1.165, 1.54) is 12.1 Å². The topological polar surface area (TPSA) is 56.1 Å². The summed E-state index contributed by atoms with van der Waals surface area (Å²) in [6.45, 7) is 5.69. The van der Waals surface area contributed by atoms with Crippen LogP contribution in [0.4, 0.5) is 4.39 Å². The molecule has 1 amide bonds. The highest BCUT2D eigenvalue weighted by atomic mass is 19.1. The molecule has 0 saturated heterocycles. The van der Waals surface area contributed by atoms with Gasteiger partial charge in [-0.05, 0) is 44.4 Å². The van der Waals surface area contributed by atoms with Gasteiger partial charge in [0.05, 0.1) is 24.3 Å². The van der Waals surface area contributed by atoms with Crippen LogP contribution in [0.3, 0.4) is 0 Å². The van der Waals surface area contributed by atoms with Gasteiger partial charge in [-0.15, -0.1) is 0 Å². The number of benzene rings is 1. The number of aryl methyl sites for hydroxylation is 1. The maximum atomic E-state index is 13.1. The highest BCUT2D eigenvalue weighted by Gasteiger charge is 2.51. The van der Waals surface area contributed by atoms with Gasteiger partial charge in [0, 0.05) is 24.9 Å². The highest BCUT2D eigenvalue weighted by Crippen LogP contribution is 2.48. The minimum Gasteiger partial charge on any atom is -0.383 e. The normalized spacial score (nSPS) is 15.2. The predicted octanol–water partition coefficient (Wildman–Crippen LogP) is 2.63. The van der Waals surface area contributed by atoms with E-state index in [-0.39, 0.29) is 11.7 Å². The summed E-state index contributed by atoms with van der Waals surface area (Å²) in [4.78, 5) is 12.7. The molecule has 0 spiro atoms. The molecule has 0 radical (unpaired) electrons. The molecule has 1 heterocycles. The van der Waals surface area contributed by atoms with Crippen molar-refractivity contribution in [1.29, 1.82) is 0 Å². The van der Waals surface area contributed by atoms with E-state index in [1.54, 1.807) is 19.2 Å². The first-order valence-electron chi connectivity index (χ1n) is 8.54. The third-order valence-corrected chi connectivity index (χ3v) is 5.05. The molecule has 0 atom stereocenters. The van der Waals surface area contributed by atoms with Gasteiger partial charge in [0.2, 0.25) is 5.91 Å². The third kappa shape index (κ3) is 3.44. The van der Waals surface area contributed by atoms with Crippen LogP contribution < -0.4 is 5.32 Å². The Hall–Kier alpha value is -2.21. The maximum Gasteiger partial charge on any atom is 0.230 e. The van der Waals surface area contributed by atoms with Crippen molar-refractivity contribution in [2.75, 3.05) is 13.7 Å². The Morgan fingerprint density at radius 2 is 2.00 bits per heavy atom. The molecule has 5 nitrogen and oxygen atoms in total. The van der Waals surface area contributed by atoms with Crippen molar-refractivity contribution in [3.05, 3.63) is 52.6 Å². The fourth-order valence-corrected chi connectivity index (χ4v) is 3.26. The average molecular weight is 345 g/mol. The maximum absolute atomic E-state index is 13.1. The van der Waals surface area contributed by atoms with Crippen LogP contribution in [0.2, 0.25) is 0 Å². The van der Waals surface area contributed by atoms with Crippen molar-refractivity contribution >= 4 is 5.91 Å². The van der Waals surface area contributed by atoms with Gasteiger partial charge in [-0.25, -0.2) is 4.39 Å². The first kappa shape index (κ1) is 17.6. The molecule has 25 heavy (non-hydrogen) atoms. The molecule has 134 valence electrons. The van der Waals surface area contributed by atoms with Gasteiger partial charge in [0.1, 0.15) is 5.82 Å². The molecule has 2 aromatic rings. The zero-order valence-electron chi connectivity index (χ0n) is 14.9. The average Bonchev–Trinajstić information content (AvgIpc) is 3.36. The number of nitrogens with zero attached hydrogens (tertiary/aromatic N) is 2. The van der Waals surface area contributed by atoms with Crippen LogP contribution in [0.15, 0.2) is 24.3 Å². The molecule has 1 aromatic carbocycles. The summed E-state index contributed by atoms with van der Waals surface area (Å²) in [6.07, 6.45) is 1.60. The van der Waals surface area contributed by atoms with Crippen LogP contribution in [-0.4, -0.2) is 29.4 Å². The molecule has 1 aromatic heterocycles. The van der Waals surface area contributed by atoms with E-state index in [2.05, 4.69) is 10.4 Å². The molecule has 1 aliphatic rings. The number of rotatable bonds is 7. The predicted molar refractivity (Wildman–Crippen MR) is 92.7 cm³/mol. The molecule has 6 heteroatoms. The van der Waals surface area contributed by atoms with E-state index >= 15 is 0 Å². The van der Waals surface area contributed by atoms with E-state index in [1.807, 2.05) is 18.5 Å². The Kier molecular flexibility index (Phi) is 4.90. The number of amides is 1. The molecular formula is C19H24FN3O2. The van der Waals surface area contributed by atoms with Crippen molar-refractivity contribution in [2.24, 2.45) is 0 Å². The number of hydrogen-bond acceptors (Lipinski definition) is 3. The summed E-state index contributed by atoms with van der Waals surface area (Å²) in [5.74, 6) is -0.280. The number of halogens is 1. The largest absolute Gasteiger partial charge is 0.383 e. The monoisotopic (exact) mass is 345 g/mol. The van der Waals surface area contributed by atoms with Gasteiger partial charge in [0.15, 0.2) is 0 Å². The zero-order valence-corrected chi connectivity index (χ0v) is 14.9. The Morgan fingerprint density at radius 1 is 1.32 bits per heavy atom. The fraction of sp³-hybridized carbons (Fsp3) is 0.474. The molecule has 0 aliphatic heterocycles. The standard InChI is InChI=1S/C19H24FN3O2/c1-13-17(14(2)23(22-13)10-11-25-3)12-21-18(24)19(8-9-19)15-4-6-16(20)7-5-15/h4-7H,8-12H2,1-3H3,(H,21,24). The Bertz CT molecular complexity index is 764. The van der Waals surface area contributed by atoms with Gasteiger partial charge in [-0.1, -0.05) is 12.1 Å². The van der Waals surface area contributed by atoms with Crippen molar-refractivity contribution in [3.8, 4) is 0 Å². The molecule has 0 bridgehead atoms. The lowest BCUT2D eigenvalue weighted by Gasteiger charge is -2.16. The molecular weight excluding hydrogens is 321 g/mol. The van der Waals surface area contributed by atoms with E-state index in [9.17, 15) is 9.18 Å². The summed E-state index contributed by atoms with van der Waals surface area (Å²) >= 11 is 0. The van der Waals surface area contributed by atoms with E-state index < -0.39 is 5.41 Å². The number of aromatic nitrogens is 2. The van der Waals surface area contributed by atoms with Gasteiger partial charge in [0.25, 0.3) is 0 Å². The minimum atomic E-state index is -0.498. The van der Waals surface area contributed by atoms with Crippen LogP contribution in [0.5, 0.6) is 0 Å². The van der Waals surface area contributed by atoms with Crippen molar-refractivity contribution in [2.45, 2.75) is 45.2 Å². The van der Waals surface area contributed by atoms with Crippen molar-refractivity contribution < 1.29 is 13.9 Å². The lowest BCUT2D eigenvalue weighted by atomic mass is 9.95. The summed E-state index contributed by atoms with van der Waals surface area (Å²) < 4.78 is 20.1. The molecule has 1 N–H and O–H groups in total. The second-order valence-electron chi connectivity index (χ2n) is 6.64. The highest BCUT2D eigenvalue weighted by molar-refractivity contribution is 5.91. The Labute approximate surface area is 147 Å². The van der Waals surface area contributed by atoms with E-state index in [0.717, 1.165) is 35.4 Å². The number of carbonyl (C=O) groups is 1. The van der Waals surface area contributed by atoms with Gasteiger partial charge in [-0.3, -0.25) is 9.48 Å². The van der Waals surface area contributed by atoms with Crippen LogP contribution >= 0.6 is 0 Å². The molecule has 0 unspecified atom stereocenters. The minimum absolute atomic E-state index is 0.00236. The van der Waals surface area contributed by atoms with Crippen LogP contribution in [0.1, 0.15) is 35.4 Å². The van der Waals surface area contributed by atoms with Gasteiger partial charge >= 0.3 is 0 Å². The smallest absolute Gasteiger partial charge is 0.230 e. The Balaban J connectivity index is 1.68. The Morgan fingerprint density at radius 3 is 2.60 bits per heavy atom. The molecule has 1 fully saturated rings. The quantitative estimate of drug-likeness (QED) is 0.839. The van der Waals surface area contributed by atoms with Crippen molar-refractivity contribution in [3.63, 3.8) is 0 Å². The first-order chi connectivity index (χ1) is 12.0. The molecule has 1 saturated carbocycles. The lowest BCUT2D eigenvalue weighted by Crippen LogP contribution is -2.34. The van der Waals surface area contributed by atoms with Gasteiger partial charge < -0.3 is 10.1 Å². The number of methoxy groups -OCH3 is 1. The second-order valence-corrected chi connectivity index (χ2v) is 6.64. The second kappa shape index (κ2) is 6.96. The van der Waals surface area contributed by atoms with E-state index in [0.29, 0.717) is 19.7 Å². The number of nitrogens with one attached hydrogen (secondary N) is 1. The van der Waals surface area contributed by atoms with Crippen LogP contribution in [0.25, 0.3) is 0 Å². The lowest BCUT2D eigenvalue weighted by molar-refractivity contribution is -0.123. The fourth-order valence-electron chi connectivity index (χ4n) is 3.26. The number of carbonyl (C=O) groups excluding carboxylic acids is 1. The summed E-state index contributed by atoms with van der Waals surface area (Å²) in [5.41, 5.74) is 3.39. The zero-order chi connectivity index (χ0) is 18.0.